The molecule has 1 N–H and O–H groups in total. The van der Waals surface area contributed by atoms with Gasteiger partial charge in [0.15, 0.2) is 0 Å². The van der Waals surface area contributed by atoms with Gasteiger partial charge in [-0.1, -0.05) is 27.5 Å². The number of hydrogen-bond acceptors (Lipinski definition) is 5. The van der Waals surface area contributed by atoms with Crippen LogP contribution in [0.25, 0.3) is 6.08 Å². The van der Waals surface area contributed by atoms with Crippen molar-refractivity contribution < 1.29 is 19.1 Å². The third kappa shape index (κ3) is 5.97. The third-order valence-corrected chi connectivity index (χ3v) is 5.01. The number of carbonyl (C=O) groups is 2. The fourth-order valence-corrected chi connectivity index (χ4v) is 3.15. The summed E-state index contributed by atoms with van der Waals surface area (Å²) in [6.07, 6.45) is 1.35. The summed E-state index contributed by atoms with van der Waals surface area (Å²) in [5.41, 5.74) is 1.02. The summed E-state index contributed by atoms with van der Waals surface area (Å²) in [4.78, 5) is 25.1. The Morgan fingerprint density at radius 2 is 1.75 bits per heavy atom. The van der Waals surface area contributed by atoms with Crippen molar-refractivity contribution in [3.05, 3.63) is 92.9 Å². The molecule has 0 radical (unpaired) electrons. The van der Waals surface area contributed by atoms with Crippen molar-refractivity contribution in [2.75, 3.05) is 12.4 Å². The SMILES string of the molecule is COc1ccc(C(=O)Oc2ccc(Br)cc2/C=C(\C#N)C(=O)Nc2ccc(Cl)cc2)cc1. The zero-order valence-electron chi connectivity index (χ0n) is 16.8. The maximum atomic E-state index is 12.6. The molecule has 1 amide bonds. The van der Waals surface area contributed by atoms with Gasteiger partial charge in [0.2, 0.25) is 0 Å². The van der Waals surface area contributed by atoms with E-state index in [1.807, 2.05) is 6.07 Å². The molecule has 3 aromatic rings. The zero-order chi connectivity index (χ0) is 23.1. The second-order valence-electron chi connectivity index (χ2n) is 6.43. The number of nitrogens with one attached hydrogen (secondary N) is 1. The van der Waals surface area contributed by atoms with Crippen LogP contribution in [0.3, 0.4) is 0 Å². The van der Waals surface area contributed by atoms with Crippen LogP contribution in [0.15, 0.2) is 76.8 Å². The highest BCUT2D eigenvalue weighted by Gasteiger charge is 2.15. The van der Waals surface area contributed by atoms with Gasteiger partial charge in [-0.3, -0.25) is 4.79 Å². The quantitative estimate of drug-likeness (QED) is 0.193. The van der Waals surface area contributed by atoms with Crippen molar-refractivity contribution >= 4 is 51.2 Å². The second-order valence-corrected chi connectivity index (χ2v) is 7.78. The topological polar surface area (TPSA) is 88.4 Å². The predicted molar refractivity (Wildman–Crippen MR) is 126 cm³/mol. The minimum Gasteiger partial charge on any atom is -0.497 e. The number of nitriles is 1. The molecule has 0 bridgehead atoms. The number of ether oxygens (including phenoxy) is 2. The Balaban J connectivity index is 1.85. The van der Waals surface area contributed by atoms with E-state index in [2.05, 4.69) is 21.2 Å². The number of halogens is 2. The van der Waals surface area contributed by atoms with E-state index in [0.717, 1.165) is 0 Å². The van der Waals surface area contributed by atoms with Gasteiger partial charge in [-0.05, 0) is 72.8 Å². The van der Waals surface area contributed by atoms with Crippen molar-refractivity contribution in [3.8, 4) is 17.6 Å². The van der Waals surface area contributed by atoms with E-state index in [4.69, 9.17) is 21.1 Å². The predicted octanol–water partition coefficient (Wildman–Crippen LogP) is 5.88. The van der Waals surface area contributed by atoms with Gasteiger partial charge in [0.25, 0.3) is 5.91 Å². The Kier molecular flexibility index (Phi) is 7.66. The van der Waals surface area contributed by atoms with E-state index in [-0.39, 0.29) is 11.3 Å². The van der Waals surface area contributed by atoms with Crippen LogP contribution in [-0.2, 0) is 4.79 Å². The van der Waals surface area contributed by atoms with Gasteiger partial charge in [0, 0.05) is 20.7 Å². The highest BCUT2D eigenvalue weighted by Crippen LogP contribution is 2.27. The molecule has 6 nitrogen and oxygen atoms in total. The first kappa shape index (κ1) is 23.1. The van der Waals surface area contributed by atoms with E-state index in [0.29, 0.717) is 32.1 Å². The Morgan fingerprint density at radius 1 is 1.06 bits per heavy atom. The summed E-state index contributed by atoms with van der Waals surface area (Å²) < 4.78 is 11.3. The maximum Gasteiger partial charge on any atom is 0.343 e. The molecule has 0 fully saturated rings. The lowest BCUT2D eigenvalue weighted by Crippen LogP contribution is -2.13. The molecule has 0 unspecified atom stereocenters. The number of rotatable bonds is 6. The number of nitrogens with zero attached hydrogens (tertiary/aromatic N) is 1. The number of methoxy groups -OCH3 is 1. The van der Waals surface area contributed by atoms with Crippen LogP contribution in [0.4, 0.5) is 5.69 Å². The molecule has 160 valence electrons. The summed E-state index contributed by atoms with van der Waals surface area (Å²) in [7, 11) is 1.53. The number of anilines is 1. The van der Waals surface area contributed by atoms with Crippen LogP contribution < -0.4 is 14.8 Å². The molecule has 0 heterocycles. The van der Waals surface area contributed by atoms with E-state index in [9.17, 15) is 14.9 Å². The molecule has 8 heteroatoms. The summed E-state index contributed by atoms with van der Waals surface area (Å²) in [5.74, 6) is -0.392. The van der Waals surface area contributed by atoms with E-state index in [1.165, 1.54) is 13.2 Å². The van der Waals surface area contributed by atoms with Gasteiger partial charge in [-0.2, -0.15) is 5.26 Å². The lowest BCUT2D eigenvalue weighted by molar-refractivity contribution is -0.112. The van der Waals surface area contributed by atoms with Gasteiger partial charge in [0.1, 0.15) is 23.1 Å². The number of carbonyl (C=O) groups excluding carboxylic acids is 2. The summed E-state index contributed by atoms with van der Waals surface area (Å²) >= 11 is 9.20. The van der Waals surface area contributed by atoms with Crippen LogP contribution in [0.2, 0.25) is 5.02 Å². The van der Waals surface area contributed by atoms with Gasteiger partial charge in [0.05, 0.1) is 12.7 Å². The van der Waals surface area contributed by atoms with Crippen molar-refractivity contribution in [1.29, 1.82) is 5.26 Å². The number of esters is 1. The molecule has 3 aromatic carbocycles. The molecule has 0 spiro atoms. The maximum absolute atomic E-state index is 12.6. The first-order chi connectivity index (χ1) is 15.4. The lowest BCUT2D eigenvalue weighted by Gasteiger charge is -2.10. The van der Waals surface area contributed by atoms with Crippen molar-refractivity contribution in [3.63, 3.8) is 0 Å². The van der Waals surface area contributed by atoms with E-state index in [1.54, 1.807) is 66.7 Å². The van der Waals surface area contributed by atoms with Crippen LogP contribution >= 0.6 is 27.5 Å². The van der Waals surface area contributed by atoms with Crippen molar-refractivity contribution in [2.45, 2.75) is 0 Å². The molecule has 32 heavy (non-hydrogen) atoms. The lowest BCUT2D eigenvalue weighted by atomic mass is 10.1. The monoisotopic (exact) mass is 510 g/mol. The number of hydrogen-bond donors (Lipinski definition) is 1. The van der Waals surface area contributed by atoms with Crippen LogP contribution in [0.5, 0.6) is 11.5 Å². The van der Waals surface area contributed by atoms with Crippen LogP contribution in [0, 0.1) is 11.3 Å². The molecule has 0 aliphatic rings. The van der Waals surface area contributed by atoms with Crippen LogP contribution in [-0.4, -0.2) is 19.0 Å². The minimum atomic E-state index is -0.609. The molecule has 0 saturated carbocycles. The second kappa shape index (κ2) is 10.6. The van der Waals surface area contributed by atoms with Gasteiger partial charge in [-0.15, -0.1) is 0 Å². The summed E-state index contributed by atoms with van der Waals surface area (Å²) in [6, 6.07) is 19.7. The standard InChI is InChI=1S/C24H16BrClN2O4/c1-31-21-9-2-15(3-10-21)24(30)32-22-11-4-18(25)13-16(22)12-17(14-27)23(29)28-20-7-5-19(26)6-8-20/h2-13H,1H3,(H,28,29)/b17-12+. The van der Waals surface area contributed by atoms with Crippen LogP contribution in [0.1, 0.15) is 15.9 Å². The smallest absolute Gasteiger partial charge is 0.343 e. The Morgan fingerprint density at radius 3 is 2.38 bits per heavy atom. The first-order valence-corrected chi connectivity index (χ1v) is 10.4. The highest BCUT2D eigenvalue weighted by molar-refractivity contribution is 9.10. The number of amides is 1. The fourth-order valence-electron chi connectivity index (χ4n) is 2.65. The normalized spacial score (nSPS) is 10.8. The third-order valence-electron chi connectivity index (χ3n) is 4.27. The highest BCUT2D eigenvalue weighted by atomic mass is 79.9. The van der Waals surface area contributed by atoms with Crippen molar-refractivity contribution in [2.24, 2.45) is 0 Å². The Bertz CT molecular complexity index is 1220. The molecule has 0 aliphatic heterocycles. The molecule has 0 aromatic heterocycles. The number of benzene rings is 3. The van der Waals surface area contributed by atoms with Crippen molar-refractivity contribution in [1.82, 2.24) is 0 Å². The van der Waals surface area contributed by atoms with Gasteiger partial charge in [-0.25, -0.2) is 4.79 Å². The first-order valence-electron chi connectivity index (χ1n) is 9.24. The molecular weight excluding hydrogens is 496 g/mol. The van der Waals surface area contributed by atoms with Gasteiger partial charge < -0.3 is 14.8 Å². The minimum absolute atomic E-state index is 0.167. The molecular formula is C24H16BrClN2O4. The molecule has 0 aliphatic carbocycles. The summed E-state index contributed by atoms with van der Waals surface area (Å²) in [6.45, 7) is 0. The van der Waals surface area contributed by atoms with E-state index >= 15 is 0 Å². The average molecular weight is 512 g/mol. The Labute approximate surface area is 198 Å². The average Bonchev–Trinajstić information content (AvgIpc) is 2.80. The molecule has 0 atom stereocenters. The molecule has 0 saturated heterocycles. The van der Waals surface area contributed by atoms with Gasteiger partial charge >= 0.3 is 5.97 Å². The fraction of sp³-hybridized carbons (Fsp3) is 0.0417. The zero-order valence-corrected chi connectivity index (χ0v) is 19.1. The molecule has 3 rings (SSSR count). The Hall–Kier alpha value is -3.60. The largest absolute Gasteiger partial charge is 0.497 e. The van der Waals surface area contributed by atoms with E-state index < -0.39 is 11.9 Å². The summed E-state index contributed by atoms with van der Waals surface area (Å²) in [5, 5.41) is 12.7.